The van der Waals surface area contributed by atoms with Crippen LogP contribution in [0.5, 0.6) is 0 Å². The standard InChI is InChI=1S/C12H10Br2ClN3/c1-2-16-12-9(14)6-17-11(18-12)7-3-4-10(15)8(13)5-7/h3-6H,2H2,1H3,(H,16,17,18). The van der Waals surface area contributed by atoms with Crippen LogP contribution in [-0.2, 0) is 0 Å². The highest BCUT2D eigenvalue weighted by molar-refractivity contribution is 9.11. The molecule has 0 saturated heterocycles. The number of hydrogen-bond acceptors (Lipinski definition) is 3. The van der Waals surface area contributed by atoms with E-state index in [4.69, 9.17) is 11.6 Å². The lowest BCUT2D eigenvalue weighted by Crippen LogP contribution is -2.02. The highest BCUT2D eigenvalue weighted by Gasteiger charge is 2.08. The van der Waals surface area contributed by atoms with Crippen molar-refractivity contribution in [3.8, 4) is 11.4 Å². The Hall–Kier alpha value is -0.650. The summed E-state index contributed by atoms with van der Waals surface area (Å²) in [7, 11) is 0. The number of anilines is 1. The fraction of sp³-hybridized carbons (Fsp3) is 0.167. The van der Waals surface area contributed by atoms with Gasteiger partial charge in [-0.3, -0.25) is 0 Å². The Labute approximate surface area is 127 Å². The van der Waals surface area contributed by atoms with E-state index < -0.39 is 0 Å². The van der Waals surface area contributed by atoms with Gasteiger partial charge in [0.2, 0.25) is 0 Å². The first-order valence-electron chi connectivity index (χ1n) is 5.33. The number of aromatic nitrogens is 2. The van der Waals surface area contributed by atoms with Gasteiger partial charge < -0.3 is 5.32 Å². The first-order chi connectivity index (χ1) is 8.61. The van der Waals surface area contributed by atoms with Crippen LogP contribution in [0.3, 0.4) is 0 Å². The zero-order valence-corrected chi connectivity index (χ0v) is 13.5. The predicted octanol–water partition coefficient (Wildman–Crippen LogP) is 4.75. The number of hydrogen-bond donors (Lipinski definition) is 1. The van der Waals surface area contributed by atoms with Gasteiger partial charge in [0, 0.05) is 22.8 Å². The van der Waals surface area contributed by atoms with Gasteiger partial charge in [-0.2, -0.15) is 0 Å². The van der Waals surface area contributed by atoms with Crippen LogP contribution in [0.25, 0.3) is 11.4 Å². The van der Waals surface area contributed by atoms with Gasteiger partial charge >= 0.3 is 0 Å². The van der Waals surface area contributed by atoms with Crippen molar-refractivity contribution in [2.45, 2.75) is 6.92 Å². The van der Waals surface area contributed by atoms with E-state index in [0.717, 1.165) is 26.9 Å². The first-order valence-corrected chi connectivity index (χ1v) is 7.30. The molecule has 2 aromatic rings. The van der Waals surface area contributed by atoms with Gasteiger partial charge in [0.15, 0.2) is 5.82 Å². The van der Waals surface area contributed by atoms with Crippen LogP contribution in [-0.4, -0.2) is 16.5 Å². The summed E-state index contributed by atoms with van der Waals surface area (Å²) < 4.78 is 1.68. The zero-order valence-electron chi connectivity index (χ0n) is 9.54. The topological polar surface area (TPSA) is 37.8 Å². The maximum atomic E-state index is 5.97. The lowest BCUT2D eigenvalue weighted by Gasteiger charge is -2.07. The average Bonchev–Trinajstić information content (AvgIpc) is 2.36. The summed E-state index contributed by atoms with van der Waals surface area (Å²) in [4.78, 5) is 8.77. The van der Waals surface area contributed by atoms with E-state index >= 15 is 0 Å². The molecule has 0 radical (unpaired) electrons. The largest absolute Gasteiger partial charge is 0.369 e. The third-order valence-electron chi connectivity index (χ3n) is 2.27. The van der Waals surface area contributed by atoms with Crippen LogP contribution in [0.2, 0.25) is 5.02 Å². The minimum absolute atomic E-state index is 0.659. The summed E-state index contributed by atoms with van der Waals surface area (Å²) >= 11 is 12.8. The molecule has 0 saturated carbocycles. The van der Waals surface area contributed by atoms with E-state index in [-0.39, 0.29) is 0 Å². The number of halogens is 3. The zero-order chi connectivity index (χ0) is 13.1. The Kier molecular flexibility index (Phi) is 4.59. The van der Waals surface area contributed by atoms with Gasteiger partial charge in [-0.05, 0) is 57.0 Å². The molecule has 3 nitrogen and oxygen atoms in total. The fourth-order valence-corrected chi connectivity index (χ4v) is 2.26. The molecule has 18 heavy (non-hydrogen) atoms. The molecule has 0 atom stereocenters. The van der Waals surface area contributed by atoms with E-state index in [1.54, 1.807) is 6.20 Å². The molecule has 0 spiro atoms. The molecule has 1 N–H and O–H groups in total. The maximum absolute atomic E-state index is 5.97. The summed E-state index contributed by atoms with van der Waals surface area (Å²) in [5.74, 6) is 1.44. The predicted molar refractivity (Wildman–Crippen MR) is 82.0 cm³/mol. The molecule has 1 heterocycles. The Balaban J connectivity index is 2.44. The molecule has 0 aliphatic heterocycles. The summed E-state index contributed by atoms with van der Waals surface area (Å²) in [6.07, 6.45) is 1.74. The molecule has 0 bridgehead atoms. The molecule has 0 unspecified atom stereocenters. The second-order valence-corrected chi connectivity index (χ2v) is 5.67. The van der Waals surface area contributed by atoms with Crippen LogP contribution in [0.15, 0.2) is 33.3 Å². The van der Waals surface area contributed by atoms with E-state index in [1.165, 1.54) is 0 Å². The molecule has 1 aromatic heterocycles. The third kappa shape index (κ3) is 3.02. The van der Waals surface area contributed by atoms with Crippen molar-refractivity contribution in [2.75, 3.05) is 11.9 Å². The molecule has 0 aliphatic carbocycles. The Morgan fingerprint density at radius 1 is 1.28 bits per heavy atom. The van der Waals surface area contributed by atoms with Crippen molar-refractivity contribution < 1.29 is 0 Å². The Bertz CT molecular complexity index is 575. The van der Waals surface area contributed by atoms with Crippen molar-refractivity contribution >= 4 is 49.3 Å². The minimum atomic E-state index is 0.659. The van der Waals surface area contributed by atoms with Crippen LogP contribution in [0.1, 0.15) is 6.92 Å². The van der Waals surface area contributed by atoms with Crippen LogP contribution < -0.4 is 5.32 Å². The van der Waals surface area contributed by atoms with E-state index in [0.29, 0.717) is 10.8 Å². The lowest BCUT2D eigenvalue weighted by molar-refractivity contribution is 1.10. The molecule has 0 amide bonds. The Morgan fingerprint density at radius 2 is 2.06 bits per heavy atom. The van der Waals surface area contributed by atoms with Crippen LogP contribution in [0.4, 0.5) is 5.82 Å². The first kappa shape index (κ1) is 13.8. The minimum Gasteiger partial charge on any atom is -0.369 e. The average molecular weight is 391 g/mol. The van der Waals surface area contributed by atoms with Crippen molar-refractivity contribution in [1.82, 2.24) is 9.97 Å². The molecule has 0 fully saturated rings. The molecule has 2 rings (SSSR count). The summed E-state index contributed by atoms with van der Waals surface area (Å²) in [5.41, 5.74) is 0.915. The van der Waals surface area contributed by atoms with Crippen LogP contribution >= 0.6 is 43.5 Å². The fourth-order valence-electron chi connectivity index (χ4n) is 1.43. The molecular formula is C12H10Br2ClN3. The SMILES string of the molecule is CCNc1nc(-c2ccc(Cl)c(Br)c2)ncc1Br. The lowest BCUT2D eigenvalue weighted by atomic mass is 10.2. The highest BCUT2D eigenvalue weighted by Crippen LogP contribution is 2.28. The van der Waals surface area contributed by atoms with Gasteiger partial charge in [0.05, 0.1) is 9.50 Å². The van der Waals surface area contributed by atoms with Crippen LogP contribution in [0, 0.1) is 0 Å². The molecular weight excluding hydrogens is 381 g/mol. The number of rotatable bonds is 3. The van der Waals surface area contributed by atoms with E-state index in [9.17, 15) is 0 Å². The van der Waals surface area contributed by atoms with Crippen molar-refractivity contribution in [2.24, 2.45) is 0 Å². The van der Waals surface area contributed by atoms with Gasteiger partial charge in [0.1, 0.15) is 5.82 Å². The molecule has 94 valence electrons. The van der Waals surface area contributed by atoms with Crippen molar-refractivity contribution in [3.05, 3.63) is 38.4 Å². The van der Waals surface area contributed by atoms with Gasteiger partial charge in [0.25, 0.3) is 0 Å². The normalized spacial score (nSPS) is 10.4. The van der Waals surface area contributed by atoms with Gasteiger partial charge in [-0.25, -0.2) is 9.97 Å². The monoisotopic (exact) mass is 389 g/mol. The molecule has 1 aromatic carbocycles. The maximum Gasteiger partial charge on any atom is 0.161 e. The number of benzene rings is 1. The summed E-state index contributed by atoms with van der Waals surface area (Å²) in [5, 5.41) is 3.85. The molecule has 6 heteroatoms. The summed E-state index contributed by atoms with van der Waals surface area (Å²) in [6, 6.07) is 5.62. The Morgan fingerprint density at radius 3 is 2.72 bits per heavy atom. The van der Waals surface area contributed by atoms with E-state index in [1.807, 2.05) is 25.1 Å². The highest BCUT2D eigenvalue weighted by atomic mass is 79.9. The second-order valence-electron chi connectivity index (χ2n) is 3.55. The second kappa shape index (κ2) is 5.99. The number of nitrogens with zero attached hydrogens (tertiary/aromatic N) is 2. The van der Waals surface area contributed by atoms with Crippen molar-refractivity contribution in [1.29, 1.82) is 0 Å². The van der Waals surface area contributed by atoms with E-state index in [2.05, 4.69) is 47.1 Å². The van der Waals surface area contributed by atoms with Gasteiger partial charge in [-0.1, -0.05) is 11.6 Å². The van der Waals surface area contributed by atoms with Gasteiger partial charge in [-0.15, -0.1) is 0 Å². The van der Waals surface area contributed by atoms with Crippen molar-refractivity contribution in [3.63, 3.8) is 0 Å². The third-order valence-corrected chi connectivity index (χ3v) is 4.06. The smallest absolute Gasteiger partial charge is 0.161 e. The number of nitrogens with one attached hydrogen (secondary N) is 1. The summed E-state index contributed by atoms with van der Waals surface area (Å²) in [6.45, 7) is 2.83. The quantitative estimate of drug-likeness (QED) is 0.820. The molecule has 0 aliphatic rings.